The lowest BCUT2D eigenvalue weighted by Crippen LogP contribution is -2.41. The fourth-order valence-electron chi connectivity index (χ4n) is 2.81. The van der Waals surface area contributed by atoms with Crippen molar-refractivity contribution in [3.63, 3.8) is 0 Å². The molecule has 0 aliphatic rings. The molecule has 0 fully saturated rings. The van der Waals surface area contributed by atoms with E-state index in [-0.39, 0.29) is 13.2 Å². The van der Waals surface area contributed by atoms with Gasteiger partial charge in [-0.15, -0.1) is 0 Å². The van der Waals surface area contributed by atoms with E-state index in [0.717, 1.165) is 11.4 Å². The number of rotatable bonds is 10. The van der Waals surface area contributed by atoms with Crippen molar-refractivity contribution in [2.24, 2.45) is 0 Å². The summed E-state index contributed by atoms with van der Waals surface area (Å²) < 4.78 is 0. The van der Waals surface area contributed by atoms with Crippen molar-refractivity contribution < 1.29 is 15.3 Å². The van der Waals surface area contributed by atoms with Crippen LogP contribution in [0.15, 0.2) is 48.5 Å². The molecule has 2 aromatic rings. The minimum atomic E-state index is -0.764. The molecule has 1 atom stereocenters. The molecule has 0 bridgehead atoms. The first-order valence-corrected chi connectivity index (χ1v) is 8.67. The van der Waals surface area contributed by atoms with Crippen LogP contribution in [0.2, 0.25) is 0 Å². The first kappa shape index (κ1) is 20.0. The Kier molecular flexibility index (Phi) is 7.68. The molecule has 2 rings (SSSR count). The van der Waals surface area contributed by atoms with Crippen LogP contribution in [-0.4, -0.2) is 59.3 Å². The van der Waals surface area contributed by atoms with Crippen molar-refractivity contribution >= 4 is 22.7 Å². The van der Waals surface area contributed by atoms with E-state index >= 15 is 0 Å². The highest BCUT2D eigenvalue weighted by atomic mass is 16.3. The average Bonchev–Trinajstić information content (AvgIpc) is 2.64. The quantitative estimate of drug-likeness (QED) is 0.316. The van der Waals surface area contributed by atoms with Crippen molar-refractivity contribution in [1.29, 1.82) is 0 Å². The Morgan fingerprint density at radius 3 is 1.54 bits per heavy atom. The molecule has 7 N–H and O–H groups in total. The lowest BCUT2D eigenvalue weighted by molar-refractivity contribution is -0.0173. The summed E-state index contributed by atoms with van der Waals surface area (Å²) in [6.07, 6.45) is -0.325. The van der Waals surface area contributed by atoms with Crippen molar-refractivity contribution in [1.82, 2.24) is 4.90 Å². The van der Waals surface area contributed by atoms with E-state index in [9.17, 15) is 5.11 Å². The molecule has 7 heteroatoms. The van der Waals surface area contributed by atoms with E-state index in [4.69, 9.17) is 21.7 Å². The van der Waals surface area contributed by atoms with Gasteiger partial charge >= 0.3 is 0 Å². The Bertz CT molecular complexity index is 597. The third-order valence-corrected chi connectivity index (χ3v) is 4.22. The second kappa shape index (κ2) is 9.98. The predicted octanol–water partition coefficient (Wildman–Crippen LogP) is 0.984. The van der Waals surface area contributed by atoms with Crippen LogP contribution in [0.3, 0.4) is 0 Å². The highest BCUT2D eigenvalue weighted by Crippen LogP contribution is 2.27. The van der Waals surface area contributed by atoms with Gasteiger partial charge in [0, 0.05) is 48.8 Å². The van der Waals surface area contributed by atoms with Crippen LogP contribution >= 0.6 is 0 Å². The predicted molar refractivity (Wildman–Crippen MR) is 105 cm³/mol. The van der Waals surface area contributed by atoms with E-state index in [1.807, 2.05) is 48.5 Å². The van der Waals surface area contributed by atoms with Gasteiger partial charge in [0.1, 0.15) is 6.23 Å². The maximum absolute atomic E-state index is 10.4. The summed E-state index contributed by atoms with van der Waals surface area (Å²) in [6, 6.07) is 15.0. The van der Waals surface area contributed by atoms with Gasteiger partial charge < -0.3 is 31.7 Å². The first-order valence-electron chi connectivity index (χ1n) is 8.67. The normalized spacial score (nSPS) is 12.3. The van der Waals surface area contributed by atoms with Crippen LogP contribution in [0.4, 0.5) is 22.7 Å². The molecule has 0 aromatic heterocycles. The molecule has 0 aliphatic heterocycles. The molecular formula is C19H28N4O3. The average molecular weight is 360 g/mol. The summed E-state index contributed by atoms with van der Waals surface area (Å²) in [4.78, 5) is 3.72. The molecule has 0 saturated carbocycles. The number of aliphatic hydroxyl groups is 3. The van der Waals surface area contributed by atoms with Gasteiger partial charge in [-0.05, 0) is 48.5 Å². The number of aliphatic hydroxyl groups excluding tert-OH is 3. The Morgan fingerprint density at radius 1 is 0.731 bits per heavy atom. The van der Waals surface area contributed by atoms with Crippen molar-refractivity contribution in [2.75, 3.05) is 49.2 Å². The number of nitrogens with two attached hydrogens (primary N) is 2. The maximum atomic E-state index is 10.4. The van der Waals surface area contributed by atoms with E-state index in [2.05, 4.69) is 4.90 Å². The van der Waals surface area contributed by atoms with Crippen LogP contribution in [0.25, 0.3) is 0 Å². The number of nitrogen functional groups attached to an aromatic ring is 2. The van der Waals surface area contributed by atoms with Crippen LogP contribution in [-0.2, 0) is 0 Å². The number of hydrogen-bond acceptors (Lipinski definition) is 7. The minimum Gasteiger partial charge on any atom is -0.399 e. The third-order valence-electron chi connectivity index (χ3n) is 4.22. The number of benzene rings is 2. The molecule has 0 radical (unpaired) electrons. The van der Waals surface area contributed by atoms with Crippen LogP contribution < -0.4 is 16.4 Å². The van der Waals surface area contributed by atoms with Gasteiger partial charge in [-0.2, -0.15) is 0 Å². The molecular weight excluding hydrogens is 332 g/mol. The molecule has 142 valence electrons. The highest BCUT2D eigenvalue weighted by Gasteiger charge is 2.17. The van der Waals surface area contributed by atoms with Crippen molar-refractivity contribution in [2.45, 2.75) is 12.6 Å². The Balaban J connectivity index is 2.16. The fraction of sp³-hybridized carbons (Fsp3) is 0.368. The largest absolute Gasteiger partial charge is 0.399 e. The Hall–Kier alpha value is -2.32. The second-order valence-corrected chi connectivity index (χ2v) is 6.09. The molecule has 7 nitrogen and oxygen atoms in total. The molecule has 2 aromatic carbocycles. The molecule has 0 amide bonds. The summed E-state index contributed by atoms with van der Waals surface area (Å²) in [5.41, 5.74) is 14.8. The number of nitrogens with zero attached hydrogens (tertiary/aromatic N) is 2. The van der Waals surface area contributed by atoms with E-state index in [1.54, 1.807) is 4.90 Å². The lowest BCUT2D eigenvalue weighted by Gasteiger charge is -2.30. The maximum Gasteiger partial charge on any atom is 0.109 e. The van der Waals surface area contributed by atoms with Gasteiger partial charge in [-0.25, -0.2) is 0 Å². The summed E-state index contributed by atoms with van der Waals surface area (Å²) in [7, 11) is 0. The zero-order valence-corrected chi connectivity index (χ0v) is 14.8. The van der Waals surface area contributed by atoms with Crippen molar-refractivity contribution in [3.8, 4) is 0 Å². The standard InChI is InChI=1S/C19H28N4O3/c20-15-1-5-17(6-2-15)23(18-7-3-16(21)4-8-18)10-9-19(26)22(11-13-24)12-14-25/h1-8,19,24-26H,9-14,20-21H2. The summed E-state index contributed by atoms with van der Waals surface area (Å²) >= 11 is 0. The highest BCUT2D eigenvalue weighted by molar-refractivity contribution is 5.66. The van der Waals surface area contributed by atoms with Crippen molar-refractivity contribution in [3.05, 3.63) is 48.5 Å². The van der Waals surface area contributed by atoms with Gasteiger partial charge in [-0.1, -0.05) is 0 Å². The molecule has 26 heavy (non-hydrogen) atoms. The third kappa shape index (κ3) is 5.60. The van der Waals surface area contributed by atoms with Crippen LogP contribution in [0.5, 0.6) is 0 Å². The zero-order valence-electron chi connectivity index (χ0n) is 14.8. The second-order valence-electron chi connectivity index (χ2n) is 6.09. The smallest absolute Gasteiger partial charge is 0.109 e. The van der Waals surface area contributed by atoms with Gasteiger partial charge in [-0.3, -0.25) is 4.90 Å². The van der Waals surface area contributed by atoms with E-state index < -0.39 is 6.23 Å². The Morgan fingerprint density at radius 2 is 1.15 bits per heavy atom. The molecule has 0 heterocycles. The SMILES string of the molecule is Nc1ccc(N(CCC(O)N(CCO)CCO)c2ccc(N)cc2)cc1. The molecule has 1 unspecified atom stereocenters. The topological polar surface area (TPSA) is 119 Å². The summed E-state index contributed by atoms with van der Waals surface area (Å²) in [5, 5.41) is 28.7. The fourth-order valence-corrected chi connectivity index (χ4v) is 2.81. The zero-order chi connectivity index (χ0) is 18.9. The van der Waals surface area contributed by atoms with Gasteiger partial charge in [0.2, 0.25) is 0 Å². The summed E-state index contributed by atoms with van der Waals surface area (Å²) in [6.45, 7) is 1.02. The van der Waals surface area contributed by atoms with Gasteiger partial charge in [0.25, 0.3) is 0 Å². The first-order chi connectivity index (χ1) is 12.5. The summed E-state index contributed by atoms with van der Waals surface area (Å²) in [5.74, 6) is 0. The lowest BCUT2D eigenvalue weighted by atomic mass is 10.2. The number of anilines is 4. The molecule has 0 saturated heterocycles. The van der Waals surface area contributed by atoms with Gasteiger partial charge in [0.05, 0.1) is 13.2 Å². The van der Waals surface area contributed by atoms with Gasteiger partial charge in [0.15, 0.2) is 0 Å². The molecule has 0 spiro atoms. The van der Waals surface area contributed by atoms with Crippen LogP contribution in [0, 0.1) is 0 Å². The minimum absolute atomic E-state index is 0.0727. The van der Waals surface area contributed by atoms with E-state index in [0.29, 0.717) is 37.4 Å². The Labute approximate surface area is 154 Å². The van der Waals surface area contributed by atoms with Crippen LogP contribution in [0.1, 0.15) is 6.42 Å². The molecule has 0 aliphatic carbocycles. The van der Waals surface area contributed by atoms with E-state index in [1.165, 1.54) is 0 Å². The monoisotopic (exact) mass is 360 g/mol. The number of hydrogen-bond donors (Lipinski definition) is 5.